The van der Waals surface area contributed by atoms with Crippen molar-refractivity contribution in [1.29, 1.82) is 0 Å². The molecule has 1 heterocycles. The fourth-order valence-corrected chi connectivity index (χ4v) is 0.574. The van der Waals surface area contributed by atoms with Gasteiger partial charge in [0.2, 0.25) is 5.28 Å². The van der Waals surface area contributed by atoms with Gasteiger partial charge in [-0.3, -0.25) is 0 Å². The van der Waals surface area contributed by atoms with Crippen molar-refractivity contribution in [3.63, 3.8) is 0 Å². The van der Waals surface area contributed by atoms with Gasteiger partial charge in [-0.1, -0.05) is 6.92 Å². The van der Waals surface area contributed by atoms with Crippen LogP contribution in [0.15, 0.2) is 6.30 Å². The topological polar surface area (TPSA) is 38.7 Å². The van der Waals surface area contributed by atoms with Crippen molar-refractivity contribution in [3.05, 3.63) is 17.4 Å². The summed E-state index contributed by atoms with van der Waals surface area (Å²) in [5.74, 6) is 0.560. The van der Waals surface area contributed by atoms with E-state index < -0.39 is 0 Å². The van der Waals surface area contributed by atoms with Crippen LogP contribution in [0.2, 0.25) is 5.28 Å². The van der Waals surface area contributed by atoms with Crippen molar-refractivity contribution in [1.82, 2.24) is 15.0 Å². The fraction of sp³-hybridized carbons (Fsp3) is 0.400. The molecule has 48 valence electrons. The molecule has 0 saturated carbocycles. The molecule has 0 unspecified atom stereocenters. The number of halogens is 1. The van der Waals surface area contributed by atoms with E-state index in [1.165, 1.54) is 0 Å². The number of hydrogen-bond acceptors (Lipinski definition) is 3. The van der Waals surface area contributed by atoms with Gasteiger partial charge in [0.1, 0.15) is 13.5 Å². The van der Waals surface area contributed by atoms with Crippen LogP contribution in [-0.4, -0.2) is 15.0 Å². The van der Waals surface area contributed by atoms with E-state index in [0.717, 1.165) is 0 Å². The van der Waals surface area contributed by atoms with Gasteiger partial charge in [-0.2, -0.15) is 0 Å². The molecule has 4 heteroatoms. The minimum atomic E-state index is -0.0724. The number of aryl methyl sites for hydroxylation is 1. The highest BCUT2D eigenvalue weighted by atomic mass is 35.5. The molecule has 1 aromatic heterocycles. The summed E-state index contributed by atoms with van der Waals surface area (Å²) in [4.78, 5) is 11.0. The number of rotatable bonds is 1. The SMILES string of the molecule is [3H]c1nc(Cl)nc(CC)n1. The van der Waals surface area contributed by atoms with Crippen molar-refractivity contribution in [2.75, 3.05) is 0 Å². The van der Waals surface area contributed by atoms with Crippen LogP contribution in [0.4, 0.5) is 0 Å². The van der Waals surface area contributed by atoms with Crippen LogP contribution in [0.25, 0.3) is 0 Å². The van der Waals surface area contributed by atoms with Crippen molar-refractivity contribution in [3.8, 4) is 0 Å². The average Bonchev–Trinajstić information content (AvgIpc) is 1.85. The third-order valence-electron chi connectivity index (χ3n) is 0.859. The lowest BCUT2D eigenvalue weighted by molar-refractivity contribution is 0.897. The molecule has 9 heavy (non-hydrogen) atoms. The summed E-state index contributed by atoms with van der Waals surface area (Å²) in [6, 6.07) is 0. The number of hydrogen-bond donors (Lipinski definition) is 0. The normalized spacial score (nSPS) is 11.1. The molecular formula is C5H6ClN3. The molecule has 0 radical (unpaired) electrons. The summed E-state index contributed by atoms with van der Waals surface area (Å²) < 4.78 is 7.03. The van der Waals surface area contributed by atoms with Crippen molar-refractivity contribution in [2.45, 2.75) is 13.3 Å². The Labute approximate surface area is 59.5 Å². The molecule has 0 aliphatic heterocycles. The molecule has 0 N–H and O–H groups in total. The molecule has 0 bridgehead atoms. The first-order valence-electron chi connectivity index (χ1n) is 3.09. The predicted octanol–water partition coefficient (Wildman–Crippen LogP) is 1.09. The van der Waals surface area contributed by atoms with Crippen LogP contribution in [0.3, 0.4) is 0 Å². The molecule has 0 spiro atoms. The van der Waals surface area contributed by atoms with Crippen molar-refractivity contribution >= 4 is 11.6 Å². The average molecular weight is 146 g/mol. The summed E-state index contributed by atoms with van der Waals surface area (Å²) in [5.41, 5.74) is 0. The molecule has 3 nitrogen and oxygen atoms in total. The second-order valence-electron chi connectivity index (χ2n) is 1.47. The van der Waals surface area contributed by atoms with Crippen LogP contribution in [0, 0.1) is 0 Å². The fourth-order valence-electron chi connectivity index (χ4n) is 0.439. The maximum atomic E-state index is 7.03. The van der Waals surface area contributed by atoms with Gasteiger partial charge in [-0.25, -0.2) is 15.0 Å². The van der Waals surface area contributed by atoms with Crippen LogP contribution >= 0.6 is 11.6 Å². The van der Waals surface area contributed by atoms with Crippen LogP contribution in [-0.2, 0) is 6.42 Å². The van der Waals surface area contributed by atoms with Gasteiger partial charge >= 0.3 is 0 Å². The molecular weight excluding hydrogens is 138 g/mol. The van der Waals surface area contributed by atoms with E-state index >= 15 is 0 Å². The van der Waals surface area contributed by atoms with E-state index in [4.69, 9.17) is 13.0 Å². The van der Waals surface area contributed by atoms with Crippen LogP contribution in [0.5, 0.6) is 0 Å². The Hall–Kier alpha value is -0.700. The molecule has 0 aliphatic carbocycles. The van der Waals surface area contributed by atoms with Crippen LogP contribution in [0.1, 0.15) is 14.1 Å². The highest BCUT2D eigenvalue weighted by Gasteiger charge is 1.92. The molecule has 1 aromatic rings. The zero-order valence-electron chi connectivity index (χ0n) is 5.93. The zero-order chi connectivity index (χ0) is 7.56. The van der Waals surface area contributed by atoms with Gasteiger partial charge in [-0.15, -0.1) is 0 Å². The molecule has 0 atom stereocenters. The Bertz CT molecular complexity index is 220. The first-order chi connectivity index (χ1) is 4.72. The quantitative estimate of drug-likeness (QED) is 0.594. The summed E-state index contributed by atoms with van der Waals surface area (Å²) in [6.45, 7) is 1.89. The van der Waals surface area contributed by atoms with Crippen LogP contribution < -0.4 is 0 Å². The van der Waals surface area contributed by atoms with Gasteiger partial charge in [0.25, 0.3) is 0 Å². The van der Waals surface area contributed by atoms with Gasteiger partial charge < -0.3 is 0 Å². The number of aromatic nitrogens is 3. The van der Waals surface area contributed by atoms with Crippen molar-refractivity contribution < 1.29 is 1.37 Å². The number of nitrogens with zero attached hydrogens (tertiary/aromatic N) is 3. The third kappa shape index (κ3) is 1.61. The Kier molecular flexibility index (Phi) is 1.55. The van der Waals surface area contributed by atoms with E-state index in [2.05, 4.69) is 15.0 Å². The summed E-state index contributed by atoms with van der Waals surface area (Å²) >= 11 is 5.45. The van der Waals surface area contributed by atoms with E-state index in [0.29, 0.717) is 12.2 Å². The highest BCUT2D eigenvalue weighted by molar-refractivity contribution is 6.28. The lowest BCUT2D eigenvalue weighted by atomic mass is 10.5. The summed E-state index contributed by atoms with van der Waals surface area (Å²) in [6.07, 6.45) is 0.602. The van der Waals surface area contributed by atoms with Gasteiger partial charge in [0.05, 0.1) is 0 Å². The van der Waals surface area contributed by atoms with E-state index in [9.17, 15) is 0 Å². The highest BCUT2D eigenvalue weighted by Crippen LogP contribution is 1.96. The molecule has 0 aromatic carbocycles. The second kappa shape index (κ2) is 2.73. The Morgan fingerprint density at radius 2 is 2.56 bits per heavy atom. The Morgan fingerprint density at radius 1 is 1.78 bits per heavy atom. The first kappa shape index (κ1) is 5.11. The summed E-state index contributed by atoms with van der Waals surface area (Å²) in [7, 11) is 0. The van der Waals surface area contributed by atoms with E-state index in [1.54, 1.807) is 0 Å². The molecule has 0 amide bonds. The van der Waals surface area contributed by atoms with Gasteiger partial charge in [0.15, 0.2) is 0 Å². The standard InChI is InChI=1S/C5H6ClN3/c1-2-4-7-3-8-5(6)9-4/h3H,2H2,1H3/i3T. The van der Waals surface area contributed by atoms with Gasteiger partial charge in [-0.05, 0) is 11.6 Å². The second-order valence-corrected chi connectivity index (χ2v) is 1.81. The lowest BCUT2D eigenvalue weighted by Crippen LogP contribution is -1.93. The molecule has 0 fully saturated rings. The minimum absolute atomic E-state index is 0.0724. The third-order valence-corrected chi connectivity index (χ3v) is 1.03. The monoisotopic (exact) mass is 145 g/mol. The first-order valence-corrected chi connectivity index (χ1v) is 2.97. The Balaban J connectivity index is 3.06. The zero-order valence-corrected chi connectivity index (χ0v) is 5.68. The smallest absolute Gasteiger partial charge is 0.221 e. The minimum Gasteiger partial charge on any atom is -0.221 e. The largest absolute Gasteiger partial charge is 0.225 e. The molecule has 0 saturated heterocycles. The van der Waals surface area contributed by atoms with E-state index in [-0.39, 0.29) is 11.6 Å². The maximum Gasteiger partial charge on any atom is 0.225 e. The Morgan fingerprint density at radius 3 is 3.11 bits per heavy atom. The maximum absolute atomic E-state index is 7.03. The summed E-state index contributed by atoms with van der Waals surface area (Å²) in [5, 5.41) is 0.0943. The predicted molar refractivity (Wildman–Crippen MR) is 34.2 cm³/mol. The van der Waals surface area contributed by atoms with E-state index in [1.807, 2.05) is 6.92 Å². The van der Waals surface area contributed by atoms with Crippen molar-refractivity contribution in [2.24, 2.45) is 0 Å². The van der Waals surface area contributed by atoms with Gasteiger partial charge in [0, 0.05) is 6.42 Å². The molecule has 1 rings (SSSR count). The molecule has 0 aliphatic rings. The lowest BCUT2D eigenvalue weighted by Gasteiger charge is -1.90.